The van der Waals surface area contributed by atoms with E-state index in [9.17, 15) is 9.59 Å². The molecule has 16 heavy (non-hydrogen) atoms. The van der Waals surface area contributed by atoms with Crippen molar-refractivity contribution < 1.29 is 14.7 Å². The summed E-state index contributed by atoms with van der Waals surface area (Å²) in [6.45, 7) is 3.15. The molecule has 0 fully saturated rings. The molecule has 0 radical (unpaired) electrons. The second kappa shape index (κ2) is 4.99. The number of halogens is 1. The number of aliphatic carboxylic acids is 1. The zero-order chi connectivity index (χ0) is 12.3. The molecular weight excluding hydrogens is 230 g/mol. The highest BCUT2D eigenvalue weighted by Gasteiger charge is 2.16. The lowest BCUT2D eigenvalue weighted by atomic mass is 10.1. The van der Waals surface area contributed by atoms with E-state index in [2.05, 4.69) is 5.32 Å². The summed E-state index contributed by atoms with van der Waals surface area (Å²) >= 11 is 5.75. The van der Waals surface area contributed by atoms with Crippen LogP contribution in [0.4, 0.5) is 0 Å². The van der Waals surface area contributed by atoms with Crippen LogP contribution in [0.15, 0.2) is 18.2 Å². The van der Waals surface area contributed by atoms with E-state index in [0.29, 0.717) is 16.1 Å². The largest absolute Gasteiger partial charge is 0.480 e. The minimum atomic E-state index is -1.07. The molecule has 0 spiro atoms. The van der Waals surface area contributed by atoms with Gasteiger partial charge in [0.2, 0.25) is 0 Å². The number of hydrogen-bond donors (Lipinski definition) is 2. The molecule has 0 saturated carbocycles. The molecule has 1 amide bonds. The summed E-state index contributed by atoms with van der Waals surface area (Å²) in [4.78, 5) is 22.2. The van der Waals surface area contributed by atoms with E-state index in [1.54, 1.807) is 25.1 Å². The lowest BCUT2D eigenvalue weighted by molar-refractivity contribution is -0.138. The van der Waals surface area contributed by atoms with Crippen LogP contribution in [0.2, 0.25) is 5.02 Å². The second-order valence-electron chi connectivity index (χ2n) is 3.49. The molecule has 2 N–H and O–H groups in total. The van der Waals surface area contributed by atoms with Crippen LogP contribution in [-0.4, -0.2) is 23.0 Å². The average Bonchev–Trinajstić information content (AvgIpc) is 2.16. The number of rotatable bonds is 3. The molecule has 0 heterocycles. The maximum Gasteiger partial charge on any atom is 0.325 e. The van der Waals surface area contributed by atoms with E-state index < -0.39 is 17.9 Å². The molecule has 0 bridgehead atoms. The summed E-state index contributed by atoms with van der Waals surface area (Å²) in [5.74, 6) is -1.48. The van der Waals surface area contributed by atoms with E-state index >= 15 is 0 Å². The first-order valence-electron chi connectivity index (χ1n) is 4.71. The standard InChI is InChI=1S/C11H12ClNO3/c1-6-5-8(12)3-4-9(6)10(14)13-7(2)11(15)16/h3-5,7H,1-2H3,(H,13,14)(H,15,16)/t7-/m1/s1. The topological polar surface area (TPSA) is 66.4 Å². The second-order valence-corrected chi connectivity index (χ2v) is 3.93. The van der Waals surface area contributed by atoms with Crippen LogP contribution in [0.1, 0.15) is 22.8 Å². The first kappa shape index (κ1) is 12.5. The van der Waals surface area contributed by atoms with Gasteiger partial charge in [0, 0.05) is 10.6 Å². The fraction of sp³-hybridized carbons (Fsp3) is 0.273. The highest BCUT2D eigenvalue weighted by Crippen LogP contribution is 2.15. The van der Waals surface area contributed by atoms with Crippen molar-refractivity contribution in [1.82, 2.24) is 5.32 Å². The van der Waals surface area contributed by atoms with Crippen molar-refractivity contribution in [1.29, 1.82) is 0 Å². The summed E-state index contributed by atoms with van der Waals surface area (Å²) in [5.41, 5.74) is 1.14. The van der Waals surface area contributed by atoms with Gasteiger partial charge < -0.3 is 10.4 Å². The summed E-state index contributed by atoms with van der Waals surface area (Å²) in [6.07, 6.45) is 0. The maximum atomic E-state index is 11.7. The van der Waals surface area contributed by atoms with E-state index in [-0.39, 0.29) is 0 Å². The fourth-order valence-electron chi connectivity index (χ4n) is 1.22. The van der Waals surface area contributed by atoms with Gasteiger partial charge in [-0.15, -0.1) is 0 Å². The SMILES string of the molecule is Cc1cc(Cl)ccc1C(=O)N[C@H](C)C(=O)O. The number of aryl methyl sites for hydroxylation is 1. The molecule has 0 aliphatic carbocycles. The number of benzene rings is 1. The predicted octanol–water partition coefficient (Wildman–Crippen LogP) is 1.85. The third kappa shape index (κ3) is 2.97. The van der Waals surface area contributed by atoms with Gasteiger partial charge in [0.1, 0.15) is 6.04 Å². The Kier molecular flexibility index (Phi) is 3.90. The van der Waals surface area contributed by atoms with Crippen LogP contribution >= 0.6 is 11.6 Å². The molecular formula is C11H12ClNO3. The Hall–Kier alpha value is -1.55. The van der Waals surface area contributed by atoms with Gasteiger partial charge >= 0.3 is 5.97 Å². The van der Waals surface area contributed by atoms with Crippen LogP contribution in [0.3, 0.4) is 0 Å². The summed E-state index contributed by atoms with van der Waals surface area (Å²) in [6, 6.07) is 3.90. The molecule has 0 aliphatic heterocycles. The normalized spacial score (nSPS) is 11.9. The molecule has 1 aromatic rings. The van der Waals surface area contributed by atoms with Gasteiger partial charge in [-0.25, -0.2) is 0 Å². The van der Waals surface area contributed by atoms with Gasteiger partial charge in [-0.2, -0.15) is 0 Å². The molecule has 86 valence electrons. The molecule has 1 atom stereocenters. The van der Waals surface area contributed by atoms with Crippen molar-refractivity contribution in [3.63, 3.8) is 0 Å². The zero-order valence-electron chi connectivity index (χ0n) is 8.95. The van der Waals surface area contributed by atoms with Crippen LogP contribution in [-0.2, 0) is 4.79 Å². The van der Waals surface area contributed by atoms with E-state index in [1.807, 2.05) is 0 Å². The van der Waals surface area contributed by atoms with Crippen molar-refractivity contribution in [3.05, 3.63) is 34.3 Å². The number of carboxylic acids is 1. The summed E-state index contributed by atoms with van der Waals surface area (Å²) < 4.78 is 0. The Morgan fingerprint density at radius 3 is 2.56 bits per heavy atom. The molecule has 1 rings (SSSR count). The van der Waals surface area contributed by atoms with E-state index in [0.717, 1.165) is 0 Å². The molecule has 0 saturated heterocycles. The third-order valence-electron chi connectivity index (χ3n) is 2.15. The molecule has 0 unspecified atom stereocenters. The maximum absolute atomic E-state index is 11.7. The van der Waals surface area contributed by atoms with Gasteiger partial charge in [-0.3, -0.25) is 9.59 Å². The third-order valence-corrected chi connectivity index (χ3v) is 2.39. The first-order chi connectivity index (χ1) is 7.41. The number of nitrogens with one attached hydrogen (secondary N) is 1. The Morgan fingerprint density at radius 1 is 1.44 bits per heavy atom. The molecule has 4 nitrogen and oxygen atoms in total. The predicted molar refractivity (Wildman–Crippen MR) is 60.8 cm³/mol. The van der Waals surface area contributed by atoms with E-state index in [1.165, 1.54) is 6.92 Å². The van der Waals surface area contributed by atoms with Gasteiger partial charge in [0.15, 0.2) is 0 Å². The lowest BCUT2D eigenvalue weighted by Gasteiger charge is -2.10. The quantitative estimate of drug-likeness (QED) is 0.849. The fourth-order valence-corrected chi connectivity index (χ4v) is 1.44. The highest BCUT2D eigenvalue weighted by atomic mass is 35.5. The number of carboxylic acid groups (broad SMARTS) is 1. The Morgan fingerprint density at radius 2 is 2.06 bits per heavy atom. The van der Waals surface area contributed by atoms with Crippen molar-refractivity contribution in [3.8, 4) is 0 Å². The number of amides is 1. The van der Waals surface area contributed by atoms with Crippen molar-refractivity contribution in [2.24, 2.45) is 0 Å². The number of carbonyl (C=O) groups is 2. The van der Waals surface area contributed by atoms with Gasteiger partial charge in [0.05, 0.1) is 0 Å². The molecule has 5 heteroatoms. The van der Waals surface area contributed by atoms with Gasteiger partial charge in [0.25, 0.3) is 5.91 Å². The number of hydrogen-bond acceptors (Lipinski definition) is 2. The first-order valence-corrected chi connectivity index (χ1v) is 5.09. The monoisotopic (exact) mass is 241 g/mol. The number of carbonyl (C=O) groups excluding carboxylic acids is 1. The van der Waals surface area contributed by atoms with Crippen LogP contribution in [0.25, 0.3) is 0 Å². The Labute approximate surface area is 98.2 Å². The Bertz CT molecular complexity index is 431. The minimum absolute atomic E-state index is 0.413. The van der Waals surface area contributed by atoms with Crippen molar-refractivity contribution >= 4 is 23.5 Å². The summed E-state index contributed by atoms with van der Waals surface area (Å²) in [7, 11) is 0. The van der Waals surface area contributed by atoms with Crippen LogP contribution in [0.5, 0.6) is 0 Å². The van der Waals surface area contributed by atoms with Crippen molar-refractivity contribution in [2.75, 3.05) is 0 Å². The highest BCUT2D eigenvalue weighted by molar-refractivity contribution is 6.30. The van der Waals surface area contributed by atoms with Crippen molar-refractivity contribution in [2.45, 2.75) is 19.9 Å². The smallest absolute Gasteiger partial charge is 0.325 e. The zero-order valence-corrected chi connectivity index (χ0v) is 9.71. The van der Waals surface area contributed by atoms with E-state index in [4.69, 9.17) is 16.7 Å². The van der Waals surface area contributed by atoms with Crippen LogP contribution in [0, 0.1) is 6.92 Å². The van der Waals surface area contributed by atoms with Gasteiger partial charge in [-0.05, 0) is 37.6 Å². The molecule has 0 aromatic heterocycles. The van der Waals surface area contributed by atoms with Crippen LogP contribution < -0.4 is 5.32 Å². The average molecular weight is 242 g/mol. The minimum Gasteiger partial charge on any atom is -0.480 e. The molecule has 0 aliphatic rings. The Balaban J connectivity index is 2.85. The van der Waals surface area contributed by atoms with Gasteiger partial charge in [-0.1, -0.05) is 11.6 Å². The summed E-state index contributed by atoms with van der Waals surface area (Å²) in [5, 5.41) is 11.6. The molecule has 1 aromatic carbocycles. The lowest BCUT2D eigenvalue weighted by Crippen LogP contribution is -2.38.